The highest BCUT2D eigenvalue weighted by Gasteiger charge is 2.50. The topological polar surface area (TPSA) is 71.5 Å². The Morgan fingerprint density at radius 2 is 1.96 bits per heavy atom. The van der Waals surface area contributed by atoms with Crippen molar-refractivity contribution in [1.82, 2.24) is 4.98 Å². The number of rotatable bonds is 4. The summed E-state index contributed by atoms with van der Waals surface area (Å²) in [5, 5.41) is 2.78. The molecule has 1 aromatic carbocycles. The number of benzene rings is 1. The second-order valence-corrected chi connectivity index (χ2v) is 6.01. The van der Waals surface area contributed by atoms with Crippen LogP contribution in [0.3, 0.4) is 0 Å². The largest absolute Gasteiger partial charge is 0.464 e. The van der Waals surface area contributed by atoms with Gasteiger partial charge in [0.25, 0.3) is 17.4 Å². The van der Waals surface area contributed by atoms with Crippen molar-refractivity contribution in [2.75, 3.05) is 16.8 Å². The molecule has 0 unspecified atom stereocenters. The Kier molecular flexibility index (Phi) is 4.44. The average Bonchev–Trinajstić information content (AvgIpc) is 2.63. The van der Waals surface area contributed by atoms with Crippen molar-refractivity contribution in [1.29, 1.82) is 0 Å². The van der Waals surface area contributed by atoms with Crippen LogP contribution in [0.2, 0.25) is 0 Å². The Morgan fingerprint density at radius 1 is 1.24 bits per heavy atom. The van der Waals surface area contributed by atoms with Crippen LogP contribution >= 0.6 is 0 Å². The molecule has 3 rings (SSSR count). The van der Waals surface area contributed by atoms with Crippen LogP contribution in [-0.2, 0) is 16.0 Å². The maximum absolute atomic E-state index is 12.9. The number of likely N-dealkylation sites (N-methyl/N-ethyl adjacent to an activating group) is 1. The van der Waals surface area contributed by atoms with Gasteiger partial charge in [-0.3, -0.25) is 14.5 Å². The molecule has 1 aliphatic heterocycles. The number of anilines is 2. The van der Waals surface area contributed by atoms with Gasteiger partial charge >= 0.3 is 0 Å². The smallest absolute Gasteiger partial charge is 0.282 e. The Morgan fingerprint density at radius 3 is 2.60 bits per heavy atom. The summed E-state index contributed by atoms with van der Waals surface area (Å²) < 4.78 is 5.78. The third kappa shape index (κ3) is 2.95. The van der Waals surface area contributed by atoms with Gasteiger partial charge in [-0.05, 0) is 50.1 Å². The van der Waals surface area contributed by atoms with Crippen molar-refractivity contribution in [3.05, 3.63) is 48.2 Å². The van der Waals surface area contributed by atoms with Gasteiger partial charge in [0, 0.05) is 18.4 Å². The lowest BCUT2D eigenvalue weighted by molar-refractivity contribution is -0.145. The molecule has 0 radical (unpaired) electrons. The molecule has 0 fully saturated rings. The van der Waals surface area contributed by atoms with E-state index in [4.69, 9.17) is 4.74 Å². The molecule has 1 atom stereocenters. The number of ether oxygens (including phenoxy) is 1. The van der Waals surface area contributed by atoms with E-state index < -0.39 is 17.4 Å². The zero-order chi connectivity index (χ0) is 18.0. The number of nitrogens with one attached hydrogen (secondary N) is 1. The third-order valence-electron chi connectivity index (χ3n) is 4.34. The van der Waals surface area contributed by atoms with Gasteiger partial charge in [-0.15, -0.1) is 0 Å². The van der Waals surface area contributed by atoms with Crippen molar-refractivity contribution >= 4 is 23.3 Å². The van der Waals surface area contributed by atoms with Crippen molar-refractivity contribution in [3.8, 4) is 5.75 Å². The normalized spacial score (nSPS) is 19.2. The minimum absolute atomic E-state index is 0.403. The SMILES string of the molecule is CCc1ccc(NC(=O)[C@]2(C)Oc3cccnc3N(CC)C2=O)cc1. The van der Waals surface area contributed by atoms with Crippen molar-refractivity contribution in [2.45, 2.75) is 32.8 Å². The summed E-state index contributed by atoms with van der Waals surface area (Å²) in [5.41, 5.74) is 0.154. The maximum atomic E-state index is 12.9. The molecule has 2 heterocycles. The molecule has 25 heavy (non-hydrogen) atoms. The molecule has 130 valence electrons. The Balaban J connectivity index is 1.89. The van der Waals surface area contributed by atoms with Crippen LogP contribution in [0.1, 0.15) is 26.3 Å². The molecule has 0 saturated carbocycles. The quantitative estimate of drug-likeness (QED) is 0.870. The van der Waals surface area contributed by atoms with Crippen LogP contribution in [0.5, 0.6) is 5.75 Å². The van der Waals surface area contributed by atoms with Gasteiger partial charge in [-0.25, -0.2) is 4.98 Å². The summed E-state index contributed by atoms with van der Waals surface area (Å²) in [6.07, 6.45) is 2.51. The zero-order valence-electron chi connectivity index (χ0n) is 14.6. The first-order valence-electron chi connectivity index (χ1n) is 8.36. The van der Waals surface area contributed by atoms with E-state index in [0.717, 1.165) is 6.42 Å². The number of aromatic nitrogens is 1. The van der Waals surface area contributed by atoms with Gasteiger partial charge in [0.15, 0.2) is 11.6 Å². The molecule has 0 spiro atoms. The van der Waals surface area contributed by atoms with E-state index in [-0.39, 0.29) is 0 Å². The zero-order valence-corrected chi connectivity index (χ0v) is 14.6. The third-order valence-corrected chi connectivity index (χ3v) is 4.34. The average molecular weight is 339 g/mol. The van der Waals surface area contributed by atoms with Crippen molar-refractivity contribution in [3.63, 3.8) is 0 Å². The summed E-state index contributed by atoms with van der Waals surface area (Å²) in [5.74, 6) is -0.0749. The molecular formula is C19H21N3O3. The Labute approximate surface area is 146 Å². The van der Waals surface area contributed by atoms with Crippen molar-refractivity contribution in [2.24, 2.45) is 0 Å². The molecule has 6 nitrogen and oxygen atoms in total. The number of aryl methyl sites for hydroxylation is 1. The molecule has 1 aliphatic rings. The Bertz CT molecular complexity index is 804. The van der Waals surface area contributed by atoms with Gasteiger partial charge in [0.1, 0.15) is 0 Å². The van der Waals surface area contributed by atoms with Crippen LogP contribution in [0.15, 0.2) is 42.6 Å². The standard InChI is InChI=1S/C19H21N3O3/c1-4-13-8-10-14(11-9-13)21-17(23)19(3)18(24)22(5-2)16-15(25-19)7-6-12-20-16/h6-12H,4-5H2,1-3H3,(H,21,23)/t19-/m0/s1. The summed E-state index contributed by atoms with van der Waals surface area (Å²) in [6, 6.07) is 10.9. The van der Waals surface area contributed by atoms with Crippen LogP contribution in [0.25, 0.3) is 0 Å². The van der Waals surface area contributed by atoms with Crippen LogP contribution in [-0.4, -0.2) is 28.9 Å². The number of nitrogens with zero attached hydrogens (tertiary/aromatic N) is 2. The predicted octanol–water partition coefficient (Wildman–Crippen LogP) is 2.79. The number of pyridine rings is 1. The highest BCUT2D eigenvalue weighted by molar-refractivity contribution is 6.19. The number of carbonyl (C=O) groups excluding carboxylic acids is 2. The van der Waals surface area contributed by atoms with Gasteiger partial charge in [0.05, 0.1) is 0 Å². The van der Waals surface area contributed by atoms with E-state index >= 15 is 0 Å². The summed E-state index contributed by atoms with van der Waals surface area (Å²) in [4.78, 5) is 31.4. The first-order valence-corrected chi connectivity index (χ1v) is 8.36. The molecule has 0 aliphatic carbocycles. The highest BCUT2D eigenvalue weighted by Crippen LogP contribution is 2.36. The molecule has 6 heteroatoms. The van der Waals surface area contributed by atoms with Gasteiger partial charge in [-0.2, -0.15) is 0 Å². The molecule has 0 saturated heterocycles. The van der Waals surface area contributed by atoms with E-state index in [1.54, 1.807) is 18.3 Å². The predicted molar refractivity (Wildman–Crippen MR) is 95.7 cm³/mol. The number of hydrogen-bond acceptors (Lipinski definition) is 4. The maximum Gasteiger partial charge on any atom is 0.282 e. The van der Waals surface area contributed by atoms with Crippen LogP contribution in [0.4, 0.5) is 11.5 Å². The van der Waals surface area contributed by atoms with Crippen molar-refractivity contribution < 1.29 is 14.3 Å². The minimum Gasteiger partial charge on any atom is -0.464 e. The van der Waals surface area contributed by atoms with E-state index in [1.807, 2.05) is 31.2 Å². The Hall–Kier alpha value is -2.89. The molecule has 2 aromatic rings. The monoisotopic (exact) mass is 339 g/mol. The fraction of sp³-hybridized carbons (Fsp3) is 0.316. The molecule has 0 bridgehead atoms. The first kappa shape index (κ1) is 17.0. The van der Waals surface area contributed by atoms with Gasteiger partial charge < -0.3 is 10.1 Å². The van der Waals surface area contributed by atoms with E-state index in [2.05, 4.69) is 17.2 Å². The molecule has 1 aromatic heterocycles. The van der Waals surface area contributed by atoms with E-state index in [0.29, 0.717) is 23.8 Å². The second kappa shape index (κ2) is 6.55. The minimum atomic E-state index is -1.64. The van der Waals surface area contributed by atoms with Crippen LogP contribution < -0.4 is 15.0 Å². The lowest BCUT2D eigenvalue weighted by Crippen LogP contribution is -2.60. The highest BCUT2D eigenvalue weighted by atomic mass is 16.5. The fourth-order valence-electron chi connectivity index (χ4n) is 2.79. The number of hydrogen-bond donors (Lipinski definition) is 1. The molecule has 1 N–H and O–H groups in total. The first-order chi connectivity index (χ1) is 12.0. The fourth-order valence-corrected chi connectivity index (χ4v) is 2.79. The number of carbonyl (C=O) groups is 2. The summed E-state index contributed by atoms with van der Waals surface area (Å²) in [6.45, 7) is 5.79. The van der Waals surface area contributed by atoms with E-state index in [9.17, 15) is 9.59 Å². The lowest BCUT2D eigenvalue weighted by atomic mass is 10.0. The summed E-state index contributed by atoms with van der Waals surface area (Å²) >= 11 is 0. The van der Waals surface area contributed by atoms with E-state index in [1.165, 1.54) is 17.4 Å². The number of fused-ring (bicyclic) bond motifs is 1. The van der Waals surface area contributed by atoms with Gasteiger partial charge in [-0.1, -0.05) is 19.1 Å². The number of amides is 2. The van der Waals surface area contributed by atoms with Crippen LogP contribution in [0, 0.1) is 0 Å². The summed E-state index contributed by atoms with van der Waals surface area (Å²) in [7, 11) is 0. The van der Waals surface area contributed by atoms with Gasteiger partial charge in [0.2, 0.25) is 0 Å². The second-order valence-electron chi connectivity index (χ2n) is 6.01. The molecular weight excluding hydrogens is 318 g/mol. The molecule has 2 amide bonds. The lowest BCUT2D eigenvalue weighted by Gasteiger charge is -2.38.